The number of aliphatic hydroxyl groups is 1. The highest BCUT2D eigenvalue weighted by atomic mass is 16.3. The summed E-state index contributed by atoms with van der Waals surface area (Å²) in [5.41, 5.74) is 3.72. The minimum Gasteiger partial charge on any atom is -0.388 e. The van der Waals surface area contributed by atoms with Gasteiger partial charge in [0.2, 0.25) is 0 Å². The van der Waals surface area contributed by atoms with Crippen LogP contribution in [0.1, 0.15) is 43.2 Å². The topological polar surface area (TPSA) is 70.1 Å². The average Bonchev–Trinajstić information content (AvgIpc) is 2.86. The van der Waals surface area contributed by atoms with E-state index in [4.69, 9.17) is 0 Å². The largest absolute Gasteiger partial charge is 0.388 e. The quantitative estimate of drug-likeness (QED) is 0.314. The number of aliphatic hydroxyl groups excluding tert-OH is 1. The first kappa shape index (κ1) is 21.5. The summed E-state index contributed by atoms with van der Waals surface area (Å²) in [7, 11) is 0. The summed E-state index contributed by atoms with van der Waals surface area (Å²) >= 11 is 0. The lowest BCUT2D eigenvalue weighted by Gasteiger charge is -2.33. The highest BCUT2D eigenvalue weighted by Gasteiger charge is 2.34. The number of benzene rings is 2. The van der Waals surface area contributed by atoms with Gasteiger partial charge in [-0.25, -0.2) is 4.98 Å². The summed E-state index contributed by atoms with van der Waals surface area (Å²) in [5, 5.41) is 18.7. The van der Waals surface area contributed by atoms with E-state index in [0.29, 0.717) is 0 Å². The molecule has 4 aromatic rings. The molecule has 2 aromatic carbocycles. The van der Waals surface area contributed by atoms with Crippen molar-refractivity contribution in [2.24, 2.45) is 0 Å². The van der Waals surface area contributed by atoms with Crippen LogP contribution in [0.15, 0.2) is 103 Å². The van der Waals surface area contributed by atoms with Crippen molar-refractivity contribution in [3.8, 4) is 0 Å². The predicted molar refractivity (Wildman–Crippen MR) is 132 cm³/mol. The molecule has 3 unspecified atom stereocenters. The third-order valence-electron chi connectivity index (χ3n) is 5.50. The van der Waals surface area contributed by atoms with Crippen LogP contribution in [0.4, 0.5) is 11.5 Å². The maximum absolute atomic E-state index is 11.6. The average molecular weight is 427 g/mol. The molecule has 2 aromatic heterocycles. The molecule has 0 aliphatic carbocycles. The first-order chi connectivity index (χ1) is 15.8. The number of pyridine rings is 2. The third kappa shape index (κ3) is 4.95. The first-order valence-corrected chi connectivity index (χ1v) is 10.9. The Bertz CT molecular complexity index is 1100. The molecular weight excluding hydrogens is 396 g/mol. The van der Waals surface area contributed by atoms with Crippen molar-refractivity contribution < 1.29 is 6.53 Å². The van der Waals surface area contributed by atoms with Crippen LogP contribution < -0.4 is 10.6 Å². The molecule has 0 radical (unpaired) electrons. The standard InChI is InChI=1S/C27H28N4O.H2/c1-2-28-22-15-7-6-14-21(22)26(31-24-17-9-11-19-30-24)25(23-16-8-10-18-29-23)27(32)20-12-4-3-5-13-20;/h3-19,25-28,32H,2H2,1H3,(H,30,31);1H. The number of nitrogens with zero attached hydrogens (tertiary/aromatic N) is 2. The second-order valence-corrected chi connectivity index (χ2v) is 7.59. The second-order valence-electron chi connectivity index (χ2n) is 7.59. The van der Waals surface area contributed by atoms with Crippen LogP contribution in [0, 0.1) is 0 Å². The summed E-state index contributed by atoms with van der Waals surface area (Å²) < 4.78 is 0. The van der Waals surface area contributed by atoms with Gasteiger partial charge in [-0.2, -0.15) is 0 Å². The molecule has 0 amide bonds. The molecule has 0 bridgehead atoms. The molecule has 32 heavy (non-hydrogen) atoms. The van der Waals surface area contributed by atoms with Crippen LogP contribution in [-0.2, 0) is 0 Å². The Labute approximate surface area is 190 Å². The van der Waals surface area contributed by atoms with Gasteiger partial charge in [-0.05, 0) is 48.4 Å². The van der Waals surface area contributed by atoms with Gasteiger partial charge in [0.05, 0.1) is 18.1 Å². The number of para-hydroxylation sites is 1. The molecule has 0 spiro atoms. The Morgan fingerprint density at radius 1 is 0.812 bits per heavy atom. The van der Waals surface area contributed by atoms with E-state index in [2.05, 4.69) is 39.7 Å². The molecule has 0 saturated heterocycles. The molecule has 3 N–H and O–H groups in total. The Morgan fingerprint density at radius 2 is 1.50 bits per heavy atom. The lowest BCUT2D eigenvalue weighted by Crippen LogP contribution is -2.27. The molecule has 0 fully saturated rings. The van der Waals surface area contributed by atoms with E-state index >= 15 is 0 Å². The van der Waals surface area contributed by atoms with Gasteiger partial charge >= 0.3 is 0 Å². The van der Waals surface area contributed by atoms with E-state index < -0.39 is 6.10 Å². The fraction of sp³-hybridized carbons (Fsp3) is 0.185. The Hall–Kier alpha value is -3.70. The fourth-order valence-corrected chi connectivity index (χ4v) is 4.03. The fourth-order valence-electron chi connectivity index (χ4n) is 4.03. The number of aromatic nitrogens is 2. The smallest absolute Gasteiger partial charge is 0.126 e. The number of hydrogen-bond donors (Lipinski definition) is 3. The molecule has 3 atom stereocenters. The van der Waals surface area contributed by atoms with Crippen LogP contribution in [0.5, 0.6) is 0 Å². The maximum atomic E-state index is 11.6. The van der Waals surface area contributed by atoms with Gasteiger partial charge in [-0.3, -0.25) is 4.98 Å². The van der Waals surface area contributed by atoms with E-state index in [1.54, 1.807) is 12.4 Å². The van der Waals surface area contributed by atoms with Crippen LogP contribution in [-0.4, -0.2) is 21.6 Å². The Morgan fingerprint density at radius 3 is 2.19 bits per heavy atom. The molecule has 164 valence electrons. The van der Waals surface area contributed by atoms with Gasteiger partial charge < -0.3 is 15.7 Å². The summed E-state index contributed by atoms with van der Waals surface area (Å²) in [6.07, 6.45) is 2.76. The Kier molecular flexibility index (Phi) is 7.10. The van der Waals surface area contributed by atoms with Gasteiger partial charge in [-0.1, -0.05) is 60.7 Å². The van der Waals surface area contributed by atoms with Gasteiger partial charge in [-0.15, -0.1) is 0 Å². The van der Waals surface area contributed by atoms with Crippen LogP contribution in [0.3, 0.4) is 0 Å². The summed E-state index contributed by atoms with van der Waals surface area (Å²) in [6.45, 7) is 2.87. The van der Waals surface area contributed by atoms with E-state index in [1.807, 2.05) is 78.9 Å². The van der Waals surface area contributed by atoms with Gasteiger partial charge in [0.1, 0.15) is 5.82 Å². The van der Waals surface area contributed by atoms with E-state index in [0.717, 1.165) is 34.9 Å². The minimum absolute atomic E-state index is 0. The van der Waals surface area contributed by atoms with Crippen LogP contribution >= 0.6 is 0 Å². The molecule has 4 rings (SSSR count). The lowest BCUT2D eigenvalue weighted by molar-refractivity contribution is 0.133. The zero-order chi connectivity index (χ0) is 22.2. The third-order valence-corrected chi connectivity index (χ3v) is 5.50. The van der Waals surface area contributed by atoms with Crippen molar-refractivity contribution in [2.75, 3.05) is 17.2 Å². The number of nitrogens with one attached hydrogen (secondary N) is 2. The van der Waals surface area contributed by atoms with Crippen molar-refractivity contribution in [3.63, 3.8) is 0 Å². The SMILES string of the molecule is CCNc1ccccc1C(Nc1ccccn1)C(c1ccccn1)C(O)c1ccccc1.[HH]. The van der Waals surface area contributed by atoms with Crippen molar-refractivity contribution in [1.29, 1.82) is 0 Å². The molecule has 5 nitrogen and oxygen atoms in total. The predicted octanol–water partition coefficient (Wildman–Crippen LogP) is 5.83. The molecular formula is C27H30N4O. The van der Waals surface area contributed by atoms with Gasteiger partial charge in [0, 0.05) is 31.7 Å². The monoisotopic (exact) mass is 426 g/mol. The first-order valence-electron chi connectivity index (χ1n) is 10.9. The van der Waals surface area contributed by atoms with E-state index in [9.17, 15) is 5.11 Å². The molecule has 0 aliphatic heterocycles. The summed E-state index contributed by atoms with van der Waals surface area (Å²) in [4.78, 5) is 9.14. The second kappa shape index (κ2) is 10.6. The number of rotatable bonds is 9. The van der Waals surface area contributed by atoms with Gasteiger partial charge in [0.25, 0.3) is 0 Å². The highest BCUT2D eigenvalue weighted by molar-refractivity contribution is 5.56. The maximum Gasteiger partial charge on any atom is 0.126 e. The zero-order valence-corrected chi connectivity index (χ0v) is 18.1. The Balaban J connectivity index is 0.00000306. The number of anilines is 2. The van der Waals surface area contributed by atoms with E-state index in [1.165, 1.54) is 0 Å². The molecule has 0 aliphatic rings. The number of hydrogen-bond acceptors (Lipinski definition) is 5. The lowest BCUT2D eigenvalue weighted by atomic mass is 9.82. The van der Waals surface area contributed by atoms with Gasteiger partial charge in [0.15, 0.2) is 0 Å². The molecule has 5 heteroatoms. The molecule has 0 saturated carbocycles. The van der Waals surface area contributed by atoms with Crippen molar-refractivity contribution >= 4 is 11.5 Å². The molecule has 2 heterocycles. The van der Waals surface area contributed by atoms with Crippen molar-refractivity contribution in [2.45, 2.75) is 25.0 Å². The summed E-state index contributed by atoms with van der Waals surface area (Å²) in [5.74, 6) is 0.380. The normalized spacial score (nSPS) is 13.7. The van der Waals surface area contributed by atoms with Crippen molar-refractivity contribution in [3.05, 3.63) is 120 Å². The van der Waals surface area contributed by atoms with Crippen LogP contribution in [0.25, 0.3) is 0 Å². The van der Waals surface area contributed by atoms with Crippen LogP contribution in [0.2, 0.25) is 0 Å². The minimum atomic E-state index is -0.776. The highest BCUT2D eigenvalue weighted by Crippen LogP contribution is 2.43. The summed E-state index contributed by atoms with van der Waals surface area (Å²) in [6, 6.07) is 29.3. The zero-order valence-electron chi connectivity index (χ0n) is 18.1. The van der Waals surface area contributed by atoms with E-state index in [-0.39, 0.29) is 13.4 Å². The van der Waals surface area contributed by atoms with Crippen molar-refractivity contribution in [1.82, 2.24) is 9.97 Å².